The highest BCUT2D eigenvalue weighted by molar-refractivity contribution is 5.94. The van der Waals surface area contributed by atoms with Gasteiger partial charge >= 0.3 is 0 Å². The summed E-state index contributed by atoms with van der Waals surface area (Å²) in [5.74, 6) is 5.78. The Morgan fingerprint density at radius 2 is 2.20 bits per heavy atom. The van der Waals surface area contributed by atoms with E-state index in [1.807, 2.05) is 4.90 Å². The zero-order valence-electron chi connectivity index (χ0n) is 11.5. The average molecular weight is 279 g/mol. The van der Waals surface area contributed by atoms with Gasteiger partial charge in [0.1, 0.15) is 5.82 Å². The number of aliphatic hydroxyl groups is 1. The topological polar surface area (TPSA) is 94.7 Å². The Hall–Kier alpha value is -1.70. The molecule has 0 spiro atoms. The minimum atomic E-state index is -0.00748. The normalized spacial score (nSPS) is 16.8. The van der Waals surface area contributed by atoms with Crippen molar-refractivity contribution in [1.82, 2.24) is 14.8 Å². The van der Waals surface area contributed by atoms with Gasteiger partial charge in [-0.15, -0.1) is 0 Å². The van der Waals surface area contributed by atoms with Crippen LogP contribution in [0.3, 0.4) is 0 Å². The molecule has 0 saturated carbocycles. The minimum Gasteiger partial charge on any atom is -0.395 e. The molecule has 0 atom stereocenters. The van der Waals surface area contributed by atoms with Gasteiger partial charge in [-0.3, -0.25) is 9.69 Å². The van der Waals surface area contributed by atoms with Crippen LogP contribution in [0.1, 0.15) is 16.8 Å². The number of anilines is 1. The zero-order valence-corrected chi connectivity index (χ0v) is 11.5. The van der Waals surface area contributed by atoms with E-state index in [1.54, 1.807) is 12.1 Å². The number of aromatic nitrogens is 1. The van der Waals surface area contributed by atoms with E-state index in [9.17, 15) is 4.79 Å². The zero-order chi connectivity index (χ0) is 14.4. The number of carbonyl (C=O) groups is 1. The van der Waals surface area contributed by atoms with Crippen LogP contribution in [0.25, 0.3) is 0 Å². The summed E-state index contributed by atoms with van der Waals surface area (Å²) in [6, 6.07) is 3.41. The van der Waals surface area contributed by atoms with Crippen molar-refractivity contribution >= 4 is 11.7 Å². The summed E-state index contributed by atoms with van der Waals surface area (Å²) in [6.45, 7) is 3.94. The molecule has 7 nitrogen and oxygen atoms in total. The van der Waals surface area contributed by atoms with Crippen LogP contribution in [0, 0.1) is 0 Å². The van der Waals surface area contributed by atoms with E-state index < -0.39 is 0 Å². The Labute approximate surface area is 118 Å². The second kappa shape index (κ2) is 7.18. The van der Waals surface area contributed by atoms with Crippen LogP contribution in [0.2, 0.25) is 0 Å². The van der Waals surface area contributed by atoms with Crippen molar-refractivity contribution in [2.75, 3.05) is 44.8 Å². The van der Waals surface area contributed by atoms with Gasteiger partial charge in [0.25, 0.3) is 5.91 Å². The molecule has 7 heteroatoms. The number of β-amino-alcohol motifs (C(OH)–C–C–N with tert-alkyl or cyclic N) is 1. The summed E-state index contributed by atoms with van der Waals surface area (Å²) in [5, 5.41) is 8.97. The molecule has 1 fully saturated rings. The van der Waals surface area contributed by atoms with E-state index in [-0.39, 0.29) is 12.5 Å². The molecule has 1 aliphatic heterocycles. The van der Waals surface area contributed by atoms with Crippen LogP contribution in [0.4, 0.5) is 5.82 Å². The van der Waals surface area contributed by atoms with Crippen LogP contribution >= 0.6 is 0 Å². The number of rotatable bonds is 4. The molecule has 0 aliphatic carbocycles. The molecule has 0 radical (unpaired) electrons. The molecule has 0 bridgehead atoms. The second-order valence-electron chi connectivity index (χ2n) is 4.79. The molecule has 4 N–H and O–H groups in total. The Bertz CT molecular complexity index is 437. The van der Waals surface area contributed by atoms with Gasteiger partial charge in [-0.1, -0.05) is 0 Å². The fourth-order valence-electron chi connectivity index (χ4n) is 2.33. The fourth-order valence-corrected chi connectivity index (χ4v) is 2.33. The molecule has 1 aromatic heterocycles. The quantitative estimate of drug-likeness (QED) is 0.508. The van der Waals surface area contributed by atoms with Crippen LogP contribution in [-0.2, 0) is 0 Å². The lowest BCUT2D eigenvalue weighted by Crippen LogP contribution is -2.36. The van der Waals surface area contributed by atoms with E-state index >= 15 is 0 Å². The van der Waals surface area contributed by atoms with Crippen LogP contribution in [0.5, 0.6) is 0 Å². The number of hydrogen-bond donors (Lipinski definition) is 3. The molecule has 2 heterocycles. The number of nitrogens with one attached hydrogen (secondary N) is 1. The summed E-state index contributed by atoms with van der Waals surface area (Å²) < 4.78 is 0. The number of nitrogen functional groups attached to an aromatic ring is 1. The molecule has 0 unspecified atom stereocenters. The highest BCUT2D eigenvalue weighted by atomic mass is 16.3. The number of nitrogens with zero attached hydrogens (tertiary/aromatic N) is 3. The van der Waals surface area contributed by atoms with Crippen molar-refractivity contribution in [3.63, 3.8) is 0 Å². The summed E-state index contributed by atoms with van der Waals surface area (Å²) in [7, 11) is 0. The Kier molecular flexibility index (Phi) is 5.28. The fraction of sp³-hybridized carbons (Fsp3) is 0.538. The predicted molar refractivity (Wildman–Crippen MR) is 76.1 cm³/mol. The van der Waals surface area contributed by atoms with Crippen molar-refractivity contribution in [2.45, 2.75) is 6.42 Å². The van der Waals surface area contributed by atoms with Crippen molar-refractivity contribution in [3.8, 4) is 0 Å². The van der Waals surface area contributed by atoms with E-state index in [0.29, 0.717) is 24.5 Å². The Balaban J connectivity index is 1.97. The lowest BCUT2D eigenvalue weighted by Gasteiger charge is -2.21. The first kappa shape index (κ1) is 14.7. The highest BCUT2D eigenvalue weighted by Gasteiger charge is 2.20. The summed E-state index contributed by atoms with van der Waals surface area (Å²) in [5.41, 5.74) is 3.01. The first-order chi connectivity index (χ1) is 9.74. The van der Waals surface area contributed by atoms with Gasteiger partial charge in [-0.25, -0.2) is 10.8 Å². The number of aliphatic hydroxyl groups excluding tert-OH is 1. The maximum absolute atomic E-state index is 12.4. The van der Waals surface area contributed by atoms with Crippen molar-refractivity contribution in [3.05, 3.63) is 23.9 Å². The third-order valence-electron chi connectivity index (χ3n) is 3.45. The molecule has 110 valence electrons. The van der Waals surface area contributed by atoms with Gasteiger partial charge in [0.15, 0.2) is 0 Å². The summed E-state index contributed by atoms with van der Waals surface area (Å²) in [6.07, 6.45) is 2.45. The molecule has 1 amide bonds. The van der Waals surface area contributed by atoms with Crippen LogP contribution in [0.15, 0.2) is 18.3 Å². The largest absolute Gasteiger partial charge is 0.395 e. The van der Waals surface area contributed by atoms with Gasteiger partial charge in [-0.05, 0) is 25.1 Å². The lowest BCUT2D eigenvalue weighted by atomic mass is 10.2. The van der Waals surface area contributed by atoms with E-state index in [4.69, 9.17) is 10.9 Å². The lowest BCUT2D eigenvalue weighted by molar-refractivity contribution is 0.0760. The maximum Gasteiger partial charge on any atom is 0.255 e. The predicted octanol–water partition coefficient (Wildman–Crippen LogP) is -0.493. The van der Waals surface area contributed by atoms with Gasteiger partial charge in [-0.2, -0.15) is 0 Å². The molecular formula is C13H21N5O2. The Morgan fingerprint density at radius 1 is 1.35 bits per heavy atom. The third-order valence-corrected chi connectivity index (χ3v) is 3.45. The standard InChI is InChI=1S/C13H21N5O2/c14-16-12-3-2-11(10-15-12)13(20)18-5-1-4-17(6-7-18)8-9-19/h2-3,10,19H,1,4-9,14H2,(H,15,16). The van der Waals surface area contributed by atoms with Crippen molar-refractivity contribution < 1.29 is 9.90 Å². The van der Waals surface area contributed by atoms with E-state index in [0.717, 1.165) is 26.1 Å². The first-order valence-corrected chi connectivity index (χ1v) is 6.79. The molecule has 1 saturated heterocycles. The number of carbonyl (C=O) groups excluding carboxylic acids is 1. The van der Waals surface area contributed by atoms with Gasteiger partial charge in [0, 0.05) is 32.4 Å². The molecule has 1 aliphatic rings. The highest BCUT2D eigenvalue weighted by Crippen LogP contribution is 2.10. The number of hydrogen-bond acceptors (Lipinski definition) is 6. The number of amides is 1. The van der Waals surface area contributed by atoms with E-state index in [2.05, 4.69) is 15.3 Å². The average Bonchev–Trinajstić information content (AvgIpc) is 2.73. The first-order valence-electron chi connectivity index (χ1n) is 6.79. The molecular weight excluding hydrogens is 258 g/mol. The smallest absolute Gasteiger partial charge is 0.255 e. The van der Waals surface area contributed by atoms with Crippen molar-refractivity contribution in [2.24, 2.45) is 5.84 Å². The number of pyridine rings is 1. The molecule has 2 rings (SSSR count). The second-order valence-corrected chi connectivity index (χ2v) is 4.79. The molecule has 1 aromatic rings. The van der Waals surface area contributed by atoms with Gasteiger partial charge < -0.3 is 15.4 Å². The summed E-state index contributed by atoms with van der Waals surface area (Å²) >= 11 is 0. The minimum absolute atomic E-state index is 0.00748. The maximum atomic E-state index is 12.4. The molecule has 0 aromatic carbocycles. The number of hydrazine groups is 1. The van der Waals surface area contributed by atoms with Crippen LogP contribution in [-0.4, -0.2) is 65.1 Å². The van der Waals surface area contributed by atoms with Crippen LogP contribution < -0.4 is 11.3 Å². The van der Waals surface area contributed by atoms with E-state index in [1.165, 1.54) is 6.20 Å². The van der Waals surface area contributed by atoms with Gasteiger partial charge in [0.05, 0.1) is 12.2 Å². The molecule has 20 heavy (non-hydrogen) atoms. The SMILES string of the molecule is NNc1ccc(C(=O)N2CCCN(CCO)CC2)cn1. The van der Waals surface area contributed by atoms with Gasteiger partial charge in [0.2, 0.25) is 0 Å². The number of nitrogens with two attached hydrogens (primary N) is 1. The Morgan fingerprint density at radius 3 is 2.85 bits per heavy atom. The van der Waals surface area contributed by atoms with Crippen molar-refractivity contribution in [1.29, 1.82) is 0 Å². The third kappa shape index (κ3) is 3.66. The summed E-state index contributed by atoms with van der Waals surface area (Å²) in [4.78, 5) is 20.4. The monoisotopic (exact) mass is 279 g/mol.